The highest BCUT2D eigenvalue weighted by molar-refractivity contribution is 5.94. The highest BCUT2D eigenvalue weighted by atomic mass is 16.4. The van der Waals surface area contributed by atoms with Crippen LogP contribution >= 0.6 is 0 Å². The normalized spacial score (nSPS) is 19.1. The Morgan fingerprint density at radius 1 is 1.06 bits per heavy atom. The molecule has 4 rings (SSSR count). The molecule has 172 valence electrons. The summed E-state index contributed by atoms with van der Waals surface area (Å²) in [6, 6.07) is 15.6. The number of amides is 1. The Morgan fingerprint density at radius 3 is 2.48 bits per heavy atom. The molecule has 1 saturated carbocycles. The molecule has 8 heteroatoms. The predicted octanol–water partition coefficient (Wildman–Crippen LogP) is 2.93. The van der Waals surface area contributed by atoms with Crippen molar-refractivity contribution >= 4 is 23.1 Å². The SMILES string of the molecule is N[C@H]1CC[C@H](Nc2ccn3c(=O)c(C(=O)NC(CC(=O)O)c4ccccc4)ccc3c2)CC1. The summed E-state index contributed by atoms with van der Waals surface area (Å²) in [6.45, 7) is 0. The highest BCUT2D eigenvalue weighted by Crippen LogP contribution is 2.22. The topological polar surface area (TPSA) is 126 Å². The zero-order chi connectivity index (χ0) is 23.4. The van der Waals surface area contributed by atoms with Gasteiger partial charge in [-0.15, -0.1) is 0 Å². The van der Waals surface area contributed by atoms with Crippen molar-refractivity contribution in [3.05, 3.63) is 82.3 Å². The maximum Gasteiger partial charge on any atom is 0.305 e. The van der Waals surface area contributed by atoms with Gasteiger partial charge in [0.1, 0.15) is 5.56 Å². The average Bonchev–Trinajstić information content (AvgIpc) is 2.80. The lowest BCUT2D eigenvalue weighted by Gasteiger charge is -2.27. The first-order valence-electron chi connectivity index (χ1n) is 11.2. The summed E-state index contributed by atoms with van der Waals surface area (Å²) in [6.07, 6.45) is 5.38. The van der Waals surface area contributed by atoms with E-state index in [1.54, 1.807) is 36.5 Å². The Bertz CT molecular complexity index is 1200. The van der Waals surface area contributed by atoms with E-state index in [2.05, 4.69) is 10.6 Å². The number of aliphatic carboxylic acids is 1. The van der Waals surface area contributed by atoms with E-state index < -0.39 is 23.5 Å². The number of nitrogens with two attached hydrogens (primary N) is 1. The van der Waals surface area contributed by atoms with Crippen molar-refractivity contribution in [1.82, 2.24) is 9.72 Å². The minimum atomic E-state index is -1.04. The molecule has 1 amide bonds. The Morgan fingerprint density at radius 2 is 1.79 bits per heavy atom. The molecule has 0 aliphatic heterocycles. The lowest BCUT2D eigenvalue weighted by molar-refractivity contribution is -0.137. The van der Waals surface area contributed by atoms with Crippen LogP contribution in [0.2, 0.25) is 0 Å². The van der Waals surface area contributed by atoms with Gasteiger partial charge < -0.3 is 21.5 Å². The van der Waals surface area contributed by atoms with E-state index in [0.29, 0.717) is 17.1 Å². The zero-order valence-electron chi connectivity index (χ0n) is 18.2. The van der Waals surface area contributed by atoms with Crippen LogP contribution in [0.1, 0.15) is 54.1 Å². The van der Waals surface area contributed by atoms with Gasteiger partial charge in [0.25, 0.3) is 11.5 Å². The van der Waals surface area contributed by atoms with Crippen molar-refractivity contribution < 1.29 is 14.7 Å². The molecule has 0 saturated heterocycles. The number of carboxylic acid groups (broad SMARTS) is 1. The number of nitrogens with one attached hydrogen (secondary N) is 2. The molecular weight excluding hydrogens is 420 g/mol. The van der Waals surface area contributed by atoms with Crippen molar-refractivity contribution in [3.63, 3.8) is 0 Å². The lowest BCUT2D eigenvalue weighted by atomic mass is 9.92. The number of carboxylic acids is 1. The zero-order valence-corrected chi connectivity index (χ0v) is 18.2. The number of hydrogen-bond donors (Lipinski definition) is 4. The lowest BCUT2D eigenvalue weighted by Crippen LogP contribution is -2.34. The van der Waals surface area contributed by atoms with Crippen LogP contribution in [0.5, 0.6) is 0 Å². The van der Waals surface area contributed by atoms with Gasteiger partial charge in [-0.3, -0.25) is 18.8 Å². The number of anilines is 1. The third-order valence-corrected chi connectivity index (χ3v) is 6.13. The average molecular weight is 449 g/mol. The minimum absolute atomic E-state index is 0.0409. The van der Waals surface area contributed by atoms with E-state index in [1.807, 2.05) is 18.2 Å². The predicted molar refractivity (Wildman–Crippen MR) is 126 cm³/mol. The van der Waals surface area contributed by atoms with Crippen molar-refractivity contribution in [3.8, 4) is 0 Å². The third-order valence-electron chi connectivity index (χ3n) is 6.13. The van der Waals surface area contributed by atoms with Gasteiger partial charge in [0.05, 0.1) is 18.0 Å². The number of aromatic nitrogens is 1. The van der Waals surface area contributed by atoms with Crippen LogP contribution in [-0.4, -0.2) is 33.5 Å². The first-order chi connectivity index (χ1) is 15.9. The van der Waals surface area contributed by atoms with Crippen LogP contribution in [0.3, 0.4) is 0 Å². The smallest absolute Gasteiger partial charge is 0.305 e. The van der Waals surface area contributed by atoms with Crippen LogP contribution in [0.15, 0.2) is 65.6 Å². The maximum absolute atomic E-state index is 13.0. The second kappa shape index (κ2) is 9.87. The minimum Gasteiger partial charge on any atom is -0.481 e. The summed E-state index contributed by atoms with van der Waals surface area (Å²) in [5, 5.41) is 15.5. The summed E-state index contributed by atoms with van der Waals surface area (Å²) in [5.41, 5.74) is 7.72. The van der Waals surface area contributed by atoms with Crippen LogP contribution < -0.4 is 21.9 Å². The number of hydrogen-bond acceptors (Lipinski definition) is 5. The number of nitrogens with zero attached hydrogens (tertiary/aromatic N) is 1. The Kier molecular flexibility index (Phi) is 6.74. The molecule has 33 heavy (non-hydrogen) atoms. The molecule has 1 atom stereocenters. The molecule has 0 spiro atoms. The van der Waals surface area contributed by atoms with Crippen molar-refractivity contribution in [2.45, 2.75) is 50.2 Å². The fraction of sp³-hybridized carbons (Fsp3) is 0.320. The molecular formula is C25H28N4O4. The fourth-order valence-electron chi connectivity index (χ4n) is 4.31. The van der Waals surface area contributed by atoms with Gasteiger partial charge in [0.2, 0.25) is 0 Å². The van der Waals surface area contributed by atoms with Crippen LogP contribution in [0.4, 0.5) is 5.69 Å². The van der Waals surface area contributed by atoms with E-state index >= 15 is 0 Å². The standard InChI is InChI=1S/C25H28N4O4/c26-17-6-8-18(9-7-17)27-19-12-13-29-20(14-19)10-11-21(25(29)33)24(32)28-22(15-23(30)31)16-4-2-1-3-5-16/h1-5,10-14,17-18,22,27H,6-9,15,26H2,(H,28,32)(H,30,31)/t17-,18-,22?. The monoisotopic (exact) mass is 448 g/mol. The molecule has 2 heterocycles. The largest absolute Gasteiger partial charge is 0.481 e. The van der Waals surface area contributed by atoms with Crippen molar-refractivity contribution in [2.75, 3.05) is 5.32 Å². The van der Waals surface area contributed by atoms with E-state index in [4.69, 9.17) is 5.73 Å². The fourth-order valence-corrected chi connectivity index (χ4v) is 4.31. The summed E-state index contributed by atoms with van der Waals surface area (Å²) in [7, 11) is 0. The van der Waals surface area contributed by atoms with Crippen molar-refractivity contribution in [2.24, 2.45) is 5.73 Å². The van der Waals surface area contributed by atoms with Gasteiger partial charge in [-0.25, -0.2) is 0 Å². The molecule has 1 aliphatic carbocycles. The van der Waals surface area contributed by atoms with Gasteiger partial charge in [0.15, 0.2) is 0 Å². The number of carbonyl (C=O) groups excluding carboxylic acids is 1. The van der Waals surface area contributed by atoms with Crippen LogP contribution in [0.25, 0.3) is 5.52 Å². The molecule has 0 bridgehead atoms. The Labute approximate surface area is 191 Å². The number of pyridine rings is 2. The van der Waals surface area contributed by atoms with Gasteiger partial charge in [-0.1, -0.05) is 30.3 Å². The van der Waals surface area contributed by atoms with Crippen molar-refractivity contribution in [1.29, 1.82) is 0 Å². The first kappa shape index (κ1) is 22.5. The maximum atomic E-state index is 13.0. The van der Waals surface area contributed by atoms with Gasteiger partial charge in [-0.05, 0) is 55.5 Å². The molecule has 3 aromatic rings. The van der Waals surface area contributed by atoms with E-state index in [0.717, 1.165) is 31.4 Å². The van der Waals surface area contributed by atoms with Crippen LogP contribution in [0, 0.1) is 0 Å². The quantitative estimate of drug-likeness (QED) is 0.440. The van der Waals surface area contributed by atoms with Crippen LogP contribution in [-0.2, 0) is 4.79 Å². The number of fused-ring (bicyclic) bond motifs is 1. The molecule has 1 unspecified atom stereocenters. The van der Waals surface area contributed by atoms with Gasteiger partial charge in [-0.2, -0.15) is 0 Å². The highest BCUT2D eigenvalue weighted by Gasteiger charge is 2.21. The van der Waals surface area contributed by atoms with Gasteiger partial charge in [0, 0.05) is 24.0 Å². The first-order valence-corrected chi connectivity index (χ1v) is 11.2. The number of rotatable bonds is 7. The molecule has 8 nitrogen and oxygen atoms in total. The summed E-state index contributed by atoms with van der Waals surface area (Å²) in [4.78, 5) is 37.2. The number of benzene rings is 1. The third kappa shape index (κ3) is 5.40. The summed E-state index contributed by atoms with van der Waals surface area (Å²) >= 11 is 0. The second-order valence-corrected chi connectivity index (χ2v) is 8.55. The second-order valence-electron chi connectivity index (χ2n) is 8.55. The van der Waals surface area contributed by atoms with Gasteiger partial charge >= 0.3 is 5.97 Å². The van der Waals surface area contributed by atoms with E-state index in [1.165, 1.54) is 10.5 Å². The Balaban J connectivity index is 1.53. The molecule has 0 radical (unpaired) electrons. The molecule has 1 fully saturated rings. The number of carbonyl (C=O) groups is 2. The van der Waals surface area contributed by atoms with E-state index in [9.17, 15) is 19.5 Å². The molecule has 2 aromatic heterocycles. The molecule has 1 aromatic carbocycles. The molecule has 5 N–H and O–H groups in total. The molecule has 1 aliphatic rings. The Hall–Kier alpha value is -3.65. The summed E-state index contributed by atoms with van der Waals surface area (Å²) in [5.74, 6) is -1.65. The summed E-state index contributed by atoms with van der Waals surface area (Å²) < 4.78 is 1.42. The van der Waals surface area contributed by atoms with E-state index in [-0.39, 0.29) is 18.0 Å².